The number of aryl methyl sites for hydroxylation is 1. The van der Waals surface area contributed by atoms with Crippen LogP contribution >= 0.6 is 23.6 Å². The number of carbonyl (C=O) groups excluding carboxylic acids is 1. The summed E-state index contributed by atoms with van der Waals surface area (Å²) in [7, 11) is 3.43. The molecule has 0 saturated carbocycles. The Labute approximate surface area is 111 Å². The molecule has 0 spiro atoms. The first-order chi connectivity index (χ1) is 7.95. The van der Waals surface area contributed by atoms with Crippen LogP contribution in [-0.4, -0.2) is 42.6 Å². The first kappa shape index (κ1) is 14.3. The summed E-state index contributed by atoms with van der Waals surface area (Å²) in [5.41, 5.74) is 0.987. The third kappa shape index (κ3) is 3.90. The maximum absolute atomic E-state index is 12.0. The van der Waals surface area contributed by atoms with Crippen LogP contribution in [0.3, 0.4) is 0 Å². The maximum atomic E-state index is 12.0. The minimum atomic E-state index is 0.0831. The van der Waals surface area contributed by atoms with E-state index in [1.165, 1.54) is 11.3 Å². The van der Waals surface area contributed by atoms with Crippen LogP contribution in [0.25, 0.3) is 0 Å². The Morgan fingerprint density at radius 3 is 2.76 bits per heavy atom. The first-order valence-corrected chi connectivity index (χ1v) is 6.61. The van der Waals surface area contributed by atoms with E-state index in [0.29, 0.717) is 13.0 Å². The zero-order chi connectivity index (χ0) is 13.0. The molecular weight excluding hydrogens is 256 g/mol. The Morgan fingerprint density at radius 1 is 1.65 bits per heavy atom. The molecule has 0 aromatic carbocycles. The highest BCUT2D eigenvalue weighted by atomic mass is 32.1. The number of rotatable bonds is 5. The molecule has 1 unspecified atom stereocenters. The van der Waals surface area contributed by atoms with Crippen LogP contribution in [0.4, 0.5) is 0 Å². The average Bonchev–Trinajstić information content (AvgIpc) is 2.56. The van der Waals surface area contributed by atoms with Gasteiger partial charge >= 0.3 is 0 Å². The van der Waals surface area contributed by atoms with Crippen molar-refractivity contribution in [3.63, 3.8) is 0 Å². The molecular formula is C11H18N2O2S2. The van der Waals surface area contributed by atoms with Gasteiger partial charge in [0.1, 0.15) is 0 Å². The number of amides is 1. The fraction of sp³-hybridized carbons (Fsp3) is 0.636. The van der Waals surface area contributed by atoms with Crippen LogP contribution in [0, 0.1) is 10.9 Å². The highest BCUT2D eigenvalue weighted by molar-refractivity contribution is 7.73. The molecule has 1 N–H and O–H groups in total. The number of carbonyl (C=O) groups is 1. The molecule has 1 amide bonds. The van der Waals surface area contributed by atoms with Crippen molar-refractivity contribution in [2.24, 2.45) is 0 Å². The lowest BCUT2D eigenvalue weighted by Crippen LogP contribution is -2.38. The third-order valence-electron chi connectivity index (χ3n) is 2.70. The van der Waals surface area contributed by atoms with Crippen LogP contribution in [0.2, 0.25) is 0 Å². The molecule has 0 aliphatic carbocycles. The zero-order valence-corrected chi connectivity index (χ0v) is 12.2. The fourth-order valence-electron chi connectivity index (χ4n) is 1.47. The lowest BCUT2D eigenvalue weighted by Gasteiger charge is -2.24. The second-order valence-electron chi connectivity index (χ2n) is 4.05. The van der Waals surface area contributed by atoms with Gasteiger partial charge in [-0.1, -0.05) is 0 Å². The Balaban J connectivity index is 2.66. The van der Waals surface area contributed by atoms with Gasteiger partial charge in [-0.2, -0.15) is 0 Å². The Kier molecular flexibility index (Phi) is 5.30. The number of ether oxygens (including phenoxy) is 1. The largest absolute Gasteiger partial charge is 0.383 e. The van der Waals surface area contributed by atoms with Crippen molar-refractivity contribution in [2.75, 3.05) is 20.8 Å². The third-order valence-corrected chi connectivity index (χ3v) is 4.03. The molecule has 0 bridgehead atoms. The van der Waals surface area contributed by atoms with E-state index in [1.54, 1.807) is 19.1 Å². The lowest BCUT2D eigenvalue weighted by molar-refractivity contribution is -0.131. The van der Waals surface area contributed by atoms with Crippen molar-refractivity contribution in [3.05, 3.63) is 14.5 Å². The summed E-state index contributed by atoms with van der Waals surface area (Å²) in [6, 6.07) is 0.0831. The van der Waals surface area contributed by atoms with Crippen molar-refractivity contribution in [3.8, 4) is 0 Å². The van der Waals surface area contributed by atoms with E-state index >= 15 is 0 Å². The molecule has 6 heteroatoms. The van der Waals surface area contributed by atoms with E-state index < -0.39 is 0 Å². The summed E-state index contributed by atoms with van der Waals surface area (Å²) in [6.07, 6.45) is 0.397. The Morgan fingerprint density at radius 2 is 2.29 bits per heavy atom. The average molecular weight is 274 g/mol. The maximum Gasteiger partial charge on any atom is 0.227 e. The van der Waals surface area contributed by atoms with Crippen molar-refractivity contribution >= 4 is 29.5 Å². The van der Waals surface area contributed by atoms with Crippen molar-refractivity contribution in [1.82, 2.24) is 9.88 Å². The van der Waals surface area contributed by atoms with Crippen LogP contribution in [0.1, 0.15) is 17.5 Å². The minimum Gasteiger partial charge on any atom is -0.383 e. The summed E-state index contributed by atoms with van der Waals surface area (Å²) in [4.78, 5) is 17.8. The van der Waals surface area contributed by atoms with Gasteiger partial charge in [0.05, 0.1) is 19.1 Å². The zero-order valence-electron chi connectivity index (χ0n) is 10.6. The number of thiazole rings is 1. The molecule has 17 heavy (non-hydrogen) atoms. The molecule has 0 fully saturated rings. The summed E-state index contributed by atoms with van der Waals surface area (Å²) < 4.78 is 5.76. The second kappa shape index (κ2) is 6.28. The normalized spacial score (nSPS) is 12.5. The number of aromatic nitrogens is 1. The van der Waals surface area contributed by atoms with Gasteiger partial charge in [-0.05, 0) is 26.1 Å². The van der Waals surface area contributed by atoms with Crippen LogP contribution in [-0.2, 0) is 16.0 Å². The Bertz CT molecular complexity index is 439. The van der Waals surface area contributed by atoms with Crippen LogP contribution in [0.15, 0.2) is 0 Å². The van der Waals surface area contributed by atoms with Gasteiger partial charge in [0.25, 0.3) is 0 Å². The number of aromatic amines is 1. The number of methoxy groups -OCH3 is 1. The van der Waals surface area contributed by atoms with Gasteiger partial charge in [-0.15, -0.1) is 11.3 Å². The topological polar surface area (TPSA) is 45.3 Å². The fourth-order valence-corrected chi connectivity index (χ4v) is 2.75. The van der Waals surface area contributed by atoms with Gasteiger partial charge in [0.15, 0.2) is 3.95 Å². The molecule has 4 nitrogen and oxygen atoms in total. The molecule has 96 valence electrons. The molecule has 1 rings (SSSR count). The highest BCUT2D eigenvalue weighted by Gasteiger charge is 2.17. The van der Waals surface area contributed by atoms with E-state index in [0.717, 1.165) is 14.5 Å². The van der Waals surface area contributed by atoms with Gasteiger partial charge in [0.2, 0.25) is 5.91 Å². The second-order valence-corrected chi connectivity index (χ2v) is 5.82. The van der Waals surface area contributed by atoms with E-state index in [9.17, 15) is 4.79 Å². The first-order valence-electron chi connectivity index (χ1n) is 5.39. The summed E-state index contributed by atoms with van der Waals surface area (Å²) in [6.45, 7) is 4.45. The van der Waals surface area contributed by atoms with E-state index in [4.69, 9.17) is 17.0 Å². The molecule has 1 heterocycles. The molecule has 1 atom stereocenters. The van der Waals surface area contributed by atoms with Crippen molar-refractivity contribution < 1.29 is 9.53 Å². The SMILES string of the molecule is COCC(C)N(C)C(=O)Cc1sc(=S)[nH]c1C. The number of hydrogen-bond donors (Lipinski definition) is 1. The van der Waals surface area contributed by atoms with Gasteiger partial charge in [0, 0.05) is 24.7 Å². The van der Waals surface area contributed by atoms with Crippen LogP contribution in [0.5, 0.6) is 0 Å². The monoisotopic (exact) mass is 274 g/mol. The highest BCUT2D eigenvalue weighted by Crippen LogP contribution is 2.16. The van der Waals surface area contributed by atoms with Crippen molar-refractivity contribution in [2.45, 2.75) is 26.3 Å². The number of nitrogens with zero attached hydrogens (tertiary/aromatic N) is 1. The van der Waals surface area contributed by atoms with Gasteiger partial charge in [-0.3, -0.25) is 4.79 Å². The van der Waals surface area contributed by atoms with E-state index in [1.807, 2.05) is 13.8 Å². The quantitative estimate of drug-likeness (QED) is 0.837. The van der Waals surface area contributed by atoms with Crippen molar-refractivity contribution in [1.29, 1.82) is 0 Å². The Hall–Kier alpha value is -0.720. The smallest absolute Gasteiger partial charge is 0.227 e. The summed E-state index contributed by atoms with van der Waals surface area (Å²) in [5, 5.41) is 0. The number of H-pyrrole nitrogens is 1. The standard InChI is InChI=1S/C11H18N2O2S2/c1-7(6-15-4)13(3)10(14)5-9-8(2)12-11(16)17-9/h7H,5-6H2,1-4H3,(H,12,16). The summed E-state index contributed by atoms with van der Waals surface area (Å²) in [5.74, 6) is 0.0860. The van der Waals surface area contributed by atoms with Gasteiger partial charge in [-0.25, -0.2) is 0 Å². The molecule has 0 radical (unpaired) electrons. The minimum absolute atomic E-state index is 0.0831. The van der Waals surface area contributed by atoms with E-state index in [2.05, 4.69) is 4.98 Å². The number of nitrogens with one attached hydrogen (secondary N) is 1. The number of hydrogen-bond acceptors (Lipinski definition) is 4. The molecule has 1 aromatic heterocycles. The lowest BCUT2D eigenvalue weighted by atomic mass is 10.2. The molecule has 0 saturated heterocycles. The van der Waals surface area contributed by atoms with Crippen LogP contribution < -0.4 is 0 Å². The summed E-state index contributed by atoms with van der Waals surface area (Å²) >= 11 is 6.52. The molecule has 0 aliphatic heterocycles. The number of likely N-dealkylation sites (N-methyl/N-ethyl adjacent to an activating group) is 1. The molecule has 0 aliphatic rings. The molecule has 1 aromatic rings. The van der Waals surface area contributed by atoms with E-state index in [-0.39, 0.29) is 11.9 Å². The van der Waals surface area contributed by atoms with Gasteiger partial charge < -0.3 is 14.6 Å². The predicted molar refractivity (Wildman–Crippen MR) is 72.1 cm³/mol. The predicted octanol–water partition coefficient (Wildman–Crippen LogP) is 2.15.